The Hall–Kier alpha value is -0.0700. The van der Waals surface area contributed by atoms with Gasteiger partial charge in [0.1, 0.15) is 0 Å². The highest BCUT2D eigenvalue weighted by Gasteiger charge is 2.09. The Morgan fingerprint density at radius 3 is 2.93 bits per heavy atom. The van der Waals surface area contributed by atoms with Crippen molar-refractivity contribution < 1.29 is 4.79 Å². The van der Waals surface area contributed by atoms with Gasteiger partial charge in [-0.2, -0.15) is 0 Å². The van der Waals surface area contributed by atoms with E-state index in [0.29, 0.717) is 0 Å². The van der Waals surface area contributed by atoms with Crippen molar-refractivity contribution in [2.75, 3.05) is 6.26 Å². The van der Waals surface area contributed by atoms with Gasteiger partial charge in [-0.1, -0.05) is 6.07 Å². The maximum absolute atomic E-state index is 10.9. The van der Waals surface area contributed by atoms with Gasteiger partial charge < -0.3 is 0 Å². The van der Waals surface area contributed by atoms with Gasteiger partial charge in [0.15, 0.2) is 6.29 Å². The van der Waals surface area contributed by atoms with Gasteiger partial charge in [-0.25, -0.2) is 0 Å². The van der Waals surface area contributed by atoms with E-state index in [-0.39, 0.29) is 0 Å². The van der Waals surface area contributed by atoms with Crippen LogP contribution in [0.3, 0.4) is 0 Å². The molecule has 1 aromatic heterocycles. The number of carbonyl (C=O) groups excluding carboxylic acids is 1. The minimum absolute atomic E-state index is 0.827. The first-order valence-corrected chi connectivity index (χ1v) is 7.15. The van der Waals surface area contributed by atoms with Crippen LogP contribution in [0.2, 0.25) is 0 Å². The fraction of sp³-hybridized carbons (Fsp3) is 0.100. The van der Waals surface area contributed by atoms with E-state index < -0.39 is 0 Å². The van der Waals surface area contributed by atoms with Gasteiger partial charge in [0.05, 0.1) is 0 Å². The smallest absolute Gasteiger partial charge is 0.152 e. The first-order valence-electron chi connectivity index (χ1n) is 3.96. The number of hydrogen-bond acceptors (Lipinski definition) is 3. The van der Waals surface area contributed by atoms with E-state index in [1.54, 1.807) is 23.1 Å². The second-order valence-corrected chi connectivity index (χ2v) is 5.65. The largest absolute Gasteiger partial charge is 0.298 e. The van der Waals surface area contributed by atoms with Crippen LogP contribution < -0.4 is 0 Å². The fourth-order valence-electron chi connectivity index (χ4n) is 1.34. The minimum Gasteiger partial charge on any atom is -0.298 e. The average Bonchev–Trinajstić information content (AvgIpc) is 2.60. The number of benzene rings is 1. The third kappa shape index (κ3) is 1.59. The minimum atomic E-state index is 0.827. The van der Waals surface area contributed by atoms with E-state index in [0.717, 1.165) is 20.1 Å². The summed E-state index contributed by atoms with van der Waals surface area (Å²) in [5.41, 5.74) is 0.827. The summed E-state index contributed by atoms with van der Waals surface area (Å²) < 4.78 is 2.14. The van der Waals surface area contributed by atoms with Crippen LogP contribution in [0.4, 0.5) is 0 Å². The molecule has 0 saturated heterocycles. The second kappa shape index (κ2) is 4.20. The predicted molar refractivity (Wildman–Crippen MR) is 71.7 cm³/mol. The number of carbonyl (C=O) groups is 1. The summed E-state index contributed by atoms with van der Waals surface area (Å²) in [4.78, 5) is 12.2. The molecular formula is C10H7IOS2. The maximum atomic E-state index is 10.9. The van der Waals surface area contributed by atoms with Crippen LogP contribution in [0.1, 0.15) is 10.4 Å². The molecule has 0 aliphatic rings. The van der Waals surface area contributed by atoms with Gasteiger partial charge in [0.2, 0.25) is 0 Å². The van der Waals surface area contributed by atoms with Gasteiger partial charge >= 0.3 is 0 Å². The first kappa shape index (κ1) is 10.4. The molecule has 1 aromatic carbocycles. The van der Waals surface area contributed by atoms with Crippen LogP contribution in [-0.4, -0.2) is 12.5 Å². The quantitative estimate of drug-likeness (QED) is 0.468. The first-order chi connectivity index (χ1) is 6.77. The highest BCUT2D eigenvalue weighted by molar-refractivity contribution is 14.1. The summed E-state index contributed by atoms with van der Waals surface area (Å²) in [5.74, 6) is 0. The Balaban J connectivity index is 2.83. The third-order valence-electron chi connectivity index (χ3n) is 2.03. The molecule has 0 amide bonds. The number of halogens is 1. The number of fused-ring (bicyclic) bond motifs is 1. The Bertz CT molecular complexity index is 490. The molecule has 14 heavy (non-hydrogen) atoms. The van der Waals surface area contributed by atoms with Crippen molar-refractivity contribution in [3.05, 3.63) is 26.6 Å². The molecule has 0 saturated carbocycles. The molecule has 0 N–H and O–H groups in total. The lowest BCUT2D eigenvalue weighted by Gasteiger charge is -1.99. The van der Waals surface area contributed by atoms with Crippen molar-refractivity contribution in [2.45, 2.75) is 4.90 Å². The van der Waals surface area contributed by atoms with E-state index in [1.807, 2.05) is 6.07 Å². The van der Waals surface area contributed by atoms with Crippen molar-refractivity contribution in [3.63, 3.8) is 0 Å². The van der Waals surface area contributed by atoms with E-state index in [1.165, 1.54) is 10.3 Å². The Morgan fingerprint density at radius 1 is 1.50 bits per heavy atom. The monoisotopic (exact) mass is 334 g/mol. The lowest BCUT2D eigenvalue weighted by molar-refractivity contribution is 0.112. The summed E-state index contributed by atoms with van der Waals surface area (Å²) in [7, 11) is 0. The molecule has 0 fully saturated rings. The molecule has 1 heterocycles. The highest BCUT2D eigenvalue weighted by atomic mass is 127. The Labute approximate surface area is 104 Å². The molecule has 2 aromatic rings. The number of thiophene rings is 1. The van der Waals surface area contributed by atoms with Crippen LogP contribution in [0, 0.1) is 3.57 Å². The molecule has 0 spiro atoms. The van der Waals surface area contributed by atoms with Crippen LogP contribution >= 0.6 is 45.7 Å². The average molecular weight is 334 g/mol. The zero-order chi connectivity index (χ0) is 10.1. The van der Waals surface area contributed by atoms with Crippen molar-refractivity contribution in [3.8, 4) is 0 Å². The summed E-state index contributed by atoms with van der Waals surface area (Å²) >= 11 is 5.57. The van der Waals surface area contributed by atoms with Crippen molar-refractivity contribution in [1.29, 1.82) is 0 Å². The van der Waals surface area contributed by atoms with Crippen LogP contribution in [0.5, 0.6) is 0 Å². The van der Waals surface area contributed by atoms with Gasteiger partial charge in [-0.15, -0.1) is 23.1 Å². The van der Waals surface area contributed by atoms with Crippen molar-refractivity contribution >= 4 is 62.1 Å². The van der Waals surface area contributed by atoms with Crippen molar-refractivity contribution in [1.82, 2.24) is 0 Å². The third-order valence-corrected chi connectivity index (χ3v) is 4.93. The maximum Gasteiger partial charge on any atom is 0.152 e. The van der Waals surface area contributed by atoms with E-state index in [9.17, 15) is 4.79 Å². The summed E-state index contributed by atoms with van der Waals surface area (Å²) in [6, 6.07) is 4.09. The predicted octanol–water partition coefficient (Wildman–Crippen LogP) is 4.04. The number of thioether (sulfide) groups is 1. The van der Waals surface area contributed by atoms with E-state index in [4.69, 9.17) is 0 Å². The number of rotatable bonds is 2. The number of aldehydes is 1. The van der Waals surface area contributed by atoms with Crippen LogP contribution in [0.25, 0.3) is 10.1 Å². The molecule has 2 rings (SSSR count). The molecule has 0 aliphatic heterocycles. The zero-order valence-corrected chi connectivity index (χ0v) is 11.2. The normalized spacial score (nSPS) is 10.7. The Morgan fingerprint density at radius 2 is 2.29 bits per heavy atom. The Kier molecular flexibility index (Phi) is 3.14. The standard InChI is InChI=1S/C10H7IOS2/c1-13-9-5-14-10-6(9)2-3-8(11)7(10)4-12/h2-5H,1H3. The highest BCUT2D eigenvalue weighted by Crippen LogP contribution is 2.35. The molecule has 0 unspecified atom stereocenters. The van der Waals surface area contributed by atoms with E-state index in [2.05, 4.69) is 40.3 Å². The molecule has 0 aliphatic carbocycles. The number of hydrogen-bond donors (Lipinski definition) is 0. The SMILES string of the molecule is CSc1csc2c(C=O)c(I)ccc12. The summed E-state index contributed by atoms with van der Waals surface area (Å²) in [6.45, 7) is 0. The van der Waals surface area contributed by atoms with Crippen LogP contribution in [0.15, 0.2) is 22.4 Å². The molecule has 0 atom stereocenters. The van der Waals surface area contributed by atoms with Gasteiger partial charge in [-0.05, 0) is 34.9 Å². The van der Waals surface area contributed by atoms with Crippen LogP contribution in [-0.2, 0) is 0 Å². The van der Waals surface area contributed by atoms with Crippen molar-refractivity contribution in [2.24, 2.45) is 0 Å². The summed E-state index contributed by atoms with van der Waals surface area (Å²) in [6.07, 6.45) is 3.00. The summed E-state index contributed by atoms with van der Waals surface area (Å²) in [5, 5.41) is 3.31. The van der Waals surface area contributed by atoms with Gasteiger partial charge in [0, 0.05) is 29.5 Å². The second-order valence-electron chi connectivity index (χ2n) is 2.76. The molecule has 0 bridgehead atoms. The van der Waals surface area contributed by atoms with Gasteiger partial charge in [-0.3, -0.25) is 4.79 Å². The molecule has 0 radical (unpaired) electrons. The van der Waals surface area contributed by atoms with Gasteiger partial charge in [0.25, 0.3) is 0 Å². The fourth-order valence-corrected chi connectivity index (χ4v) is 4.03. The van der Waals surface area contributed by atoms with E-state index >= 15 is 0 Å². The zero-order valence-electron chi connectivity index (χ0n) is 7.41. The molecule has 4 heteroatoms. The lowest BCUT2D eigenvalue weighted by atomic mass is 10.2. The molecule has 72 valence electrons. The molecule has 1 nitrogen and oxygen atoms in total. The topological polar surface area (TPSA) is 17.1 Å². The lowest BCUT2D eigenvalue weighted by Crippen LogP contribution is -1.85. The molecular weight excluding hydrogens is 327 g/mol.